The molecule has 1 aromatic carbocycles. The lowest BCUT2D eigenvalue weighted by Crippen LogP contribution is -2.21. The second-order valence-corrected chi connectivity index (χ2v) is 4.69. The number of rotatable bonds is 5. The summed E-state index contributed by atoms with van der Waals surface area (Å²) in [6.07, 6.45) is 4.51. The van der Waals surface area contributed by atoms with Gasteiger partial charge in [0.15, 0.2) is 5.78 Å². The number of halogens is 1. The van der Waals surface area contributed by atoms with E-state index in [1.807, 2.05) is 0 Å². The largest absolute Gasteiger partial charge is 0.345 e. The predicted molar refractivity (Wildman–Crippen MR) is 82.3 cm³/mol. The Labute approximate surface area is 123 Å². The molecule has 0 aliphatic heterocycles. The van der Waals surface area contributed by atoms with Gasteiger partial charge in [-0.1, -0.05) is 43.0 Å². The zero-order valence-corrected chi connectivity index (χ0v) is 12.3. The Bertz CT molecular complexity index is 600. The molecular formula is C16H16ClNO2. The summed E-state index contributed by atoms with van der Waals surface area (Å²) in [7, 11) is 3.30. The summed E-state index contributed by atoms with van der Waals surface area (Å²) < 4.78 is 0. The number of allylic oxidation sites excluding steroid dienone is 4. The standard InChI is InChI=1S/C16H16ClNO2/c1-5-7-11(6-2)15(19)13-9-8-12(10-14(13)17)16(20)18(3)4/h5-10H,1-2H2,3-4H3/b11-7+. The van der Waals surface area contributed by atoms with E-state index >= 15 is 0 Å². The lowest BCUT2D eigenvalue weighted by molar-refractivity contribution is 0.0827. The molecule has 0 fully saturated rings. The van der Waals surface area contributed by atoms with Crippen molar-refractivity contribution in [2.75, 3.05) is 14.1 Å². The molecule has 104 valence electrons. The van der Waals surface area contributed by atoms with Crippen LogP contribution in [0.2, 0.25) is 5.02 Å². The van der Waals surface area contributed by atoms with E-state index in [2.05, 4.69) is 13.2 Å². The van der Waals surface area contributed by atoms with Crippen molar-refractivity contribution in [3.8, 4) is 0 Å². The third-order valence-corrected chi connectivity index (χ3v) is 2.96. The zero-order chi connectivity index (χ0) is 15.3. The number of hydrogen-bond acceptors (Lipinski definition) is 2. The highest BCUT2D eigenvalue weighted by atomic mass is 35.5. The third kappa shape index (κ3) is 3.45. The number of benzene rings is 1. The quantitative estimate of drug-likeness (QED) is 0.472. The van der Waals surface area contributed by atoms with Crippen LogP contribution in [0.15, 0.2) is 55.2 Å². The van der Waals surface area contributed by atoms with Crippen molar-refractivity contribution in [2.24, 2.45) is 0 Å². The monoisotopic (exact) mass is 289 g/mol. The lowest BCUT2D eigenvalue weighted by Gasteiger charge is -2.11. The number of hydrogen-bond donors (Lipinski definition) is 0. The van der Waals surface area contributed by atoms with Crippen LogP contribution in [0, 0.1) is 0 Å². The summed E-state index contributed by atoms with van der Waals surface area (Å²) in [5.74, 6) is -0.426. The molecule has 0 heterocycles. The number of carbonyl (C=O) groups is 2. The van der Waals surface area contributed by atoms with Crippen LogP contribution in [0.3, 0.4) is 0 Å². The topological polar surface area (TPSA) is 37.4 Å². The van der Waals surface area contributed by atoms with Crippen molar-refractivity contribution in [1.29, 1.82) is 0 Å². The first kappa shape index (κ1) is 15.9. The van der Waals surface area contributed by atoms with Crippen LogP contribution in [-0.2, 0) is 0 Å². The molecular weight excluding hydrogens is 274 g/mol. The Morgan fingerprint density at radius 1 is 1.25 bits per heavy atom. The molecule has 0 bridgehead atoms. The van der Waals surface area contributed by atoms with Gasteiger partial charge in [-0.2, -0.15) is 0 Å². The normalized spacial score (nSPS) is 10.8. The fourth-order valence-electron chi connectivity index (χ4n) is 1.61. The van der Waals surface area contributed by atoms with Crippen molar-refractivity contribution in [3.63, 3.8) is 0 Å². The van der Waals surface area contributed by atoms with E-state index in [0.717, 1.165) is 0 Å². The minimum Gasteiger partial charge on any atom is -0.345 e. The average Bonchev–Trinajstić information content (AvgIpc) is 2.42. The molecule has 0 spiro atoms. The summed E-state index contributed by atoms with van der Waals surface area (Å²) in [5.41, 5.74) is 1.16. The molecule has 0 radical (unpaired) electrons. The van der Waals surface area contributed by atoms with Gasteiger partial charge < -0.3 is 4.90 Å². The van der Waals surface area contributed by atoms with Gasteiger partial charge in [-0.15, -0.1) is 0 Å². The summed E-state index contributed by atoms with van der Waals surface area (Å²) in [6, 6.07) is 4.61. The van der Waals surface area contributed by atoms with Gasteiger partial charge in [0, 0.05) is 30.8 Å². The van der Waals surface area contributed by atoms with Gasteiger partial charge in [0.1, 0.15) is 0 Å². The molecule has 0 aliphatic rings. The van der Waals surface area contributed by atoms with E-state index in [0.29, 0.717) is 16.7 Å². The molecule has 1 amide bonds. The molecule has 1 rings (SSSR count). The van der Waals surface area contributed by atoms with Crippen LogP contribution in [0.25, 0.3) is 0 Å². The molecule has 0 unspecified atom stereocenters. The van der Waals surface area contributed by atoms with Crippen LogP contribution in [0.4, 0.5) is 0 Å². The van der Waals surface area contributed by atoms with Gasteiger partial charge in [-0.05, 0) is 18.2 Å². The molecule has 0 aliphatic carbocycles. The second kappa shape index (κ2) is 6.87. The number of carbonyl (C=O) groups excluding carboxylic acids is 2. The first-order valence-corrected chi connectivity index (χ1v) is 6.31. The van der Waals surface area contributed by atoms with Gasteiger partial charge in [0.2, 0.25) is 0 Å². The summed E-state index contributed by atoms with van der Waals surface area (Å²) in [5, 5.41) is 0.236. The van der Waals surface area contributed by atoms with Crippen LogP contribution in [0.5, 0.6) is 0 Å². The van der Waals surface area contributed by atoms with E-state index in [1.54, 1.807) is 32.3 Å². The molecule has 0 aromatic heterocycles. The van der Waals surface area contributed by atoms with E-state index in [4.69, 9.17) is 11.6 Å². The SMILES string of the molecule is C=C/C=C(\C=C)C(=O)c1ccc(C(=O)N(C)C)cc1Cl. The molecule has 20 heavy (non-hydrogen) atoms. The maximum absolute atomic E-state index is 12.2. The summed E-state index contributed by atoms with van der Waals surface area (Å²) in [4.78, 5) is 25.5. The van der Waals surface area contributed by atoms with Crippen molar-refractivity contribution < 1.29 is 9.59 Å². The van der Waals surface area contributed by atoms with Crippen molar-refractivity contribution in [3.05, 3.63) is 71.3 Å². The first-order valence-electron chi connectivity index (χ1n) is 5.93. The maximum Gasteiger partial charge on any atom is 0.253 e. The van der Waals surface area contributed by atoms with Crippen molar-refractivity contribution in [2.45, 2.75) is 0 Å². The molecule has 0 saturated carbocycles. The number of nitrogens with zero attached hydrogens (tertiary/aromatic N) is 1. The third-order valence-electron chi connectivity index (χ3n) is 2.65. The van der Waals surface area contributed by atoms with Crippen molar-refractivity contribution in [1.82, 2.24) is 4.90 Å². The molecule has 3 nitrogen and oxygen atoms in total. The number of Topliss-reactive ketones (excluding diaryl/α,β-unsaturated/α-hetero) is 1. The van der Waals surface area contributed by atoms with E-state index < -0.39 is 0 Å². The highest BCUT2D eigenvalue weighted by Crippen LogP contribution is 2.22. The van der Waals surface area contributed by atoms with Gasteiger partial charge >= 0.3 is 0 Å². The molecule has 1 aromatic rings. The fraction of sp³-hybridized carbons (Fsp3) is 0.125. The minimum atomic E-state index is -0.256. The van der Waals surface area contributed by atoms with E-state index in [9.17, 15) is 9.59 Å². The second-order valence-electron chi connectivity index (χ2n) is 4.29. The Morgan fingerprint density at radius 3 is 2.35 bits per heavy atom. The maximum atomic E-state index is 12.2. The highest BCUT2D eigenvalue weighted by molar-refractivity contribution is 6.35. The van der Waals surface area contributed by atoms with Crippen LogP contribution >= 0.6 is 11.6 Å². The summed E-state index contributed by atoms with van der Waals surface area (Å²) >= 11 is 6.10. The van der Waals surface area contributed by atoms with Crippen molar-refractivity contribution >= 4 is 23.3 Å². The first-order chi connectivity index (χ1) is 9.42. The van der Waals surface area contributed by atoms with E-state index in [1.165, 1.54) is 23.1 Å². The Balaban J connectivity index is 3.20. The fourth-order valence-corrected chi connectivity index (χ4v) is 1.88. The van der Waals surface area contributed by atoms with Gasteiger partial charge in [-0.3, -0.25) is 9.59 Å². The van der Waals surface area contributed by atoms with Gasteiger partial charge in [-0.25, -0.2) is 0 Å². The Hall–Kier alpha value is -2.13. The predicted octanol–water partition coefficient (Wildman–Crippen LogP) is 3.52. The number of ketones is 1. The van der Waals surface area contributed by atoms with Gasteiger partial charge in [0.25, 0.3) is 5.91 Å². The van der Waals surface area contributed by atoms with Gasteiger partial charge in [0.05, 0.1) is 5.02 Å². The Morgan fingerprint density at radius 2 is 1.90 bits per heavy atom. The molecule has 0 atom stereocenters. The molecule has 0 N–H and O–H groups in total. The Kier molecular flexibility index (Phi) is 5.47. The minimum absolute atomic E-state index is 0.170. The number of amides is 1. The zero-order valence-electron chi connectivity index (χ0n) is 11.5. The average molecular weight is 290 g/mol. The van der Waals surface area contributed by atoms with Crippen LogP contribution in [0.1, 0.15) is 20.7 Å². The molecule has 4 heteroatoms. The van der Waals surface area contributed by atoms with Crippen LogP contribution < -0.4 is 0 Å². The van der Waals surface area contributed by atoms with Crippen LogP contribution in [-0.4, -0.2) is 30.7 Å². The highest BCUT2D eigenvalue weighted by Gasteiger charge is 2.16. The summed E-state index contributed by atoms with van der Waals surface area (Å²) in [6.45, 7) is 7.13. The lowest BCUT2D eigenvalue weighted by atomic mass is 10.0. The molecule has 0 saturated heterocycles. The van der Waals surface area contributed by atoms with E-state index in [-0.39, 0.29) is 16.7 Å². The smallest absolute Gasteiger partial charge is 0.253 e.